The van der Waals surface area contributed by atoms with E-state index in [4.69, 9.17) is 16.3 Å². The molecule has 0 radical (unpaired) electrons. The van der Waals surface area contributed by atoms with Gasteiger partial charge in [-0.05, 0) is 49.6 Å². The summed E-state index contributed by atoms with van der Waals surface area (Å²) in [7, 11) is 0. The van der Waals surface area contributed by atoms with Gasteiger partial charge in [0.25, 0.3) is 5.91 Å². The van der Waals surface area contributed by atoms with Gasteiger partial charge in [-0.2, -0.15) is 0 Å². The molecule has 0 unspecified atom stereocenters. The zero-order chi connectivity index (χ0) is 22.8. The van der Waals surface area contributed by atoms with Gasteiger partial charge in [-0.15, -0.1) is 0 Å². The van der Waals surface area contributed by atoms with Crippen molar-refractivity contribution in [1.82, 2.24) is 5.32 Å². The number of ether oxygens (including phenoxy) is 1. The number of carbonyl (C=O) groups excluding carboxylic acids is 2. The molecule has 1 fully saturated rings. The SMILES string of the molecule is CCCCOc1ccccc1NCC(=O)Nc1ccc(Cl)c(C(=O)NC2CCCCC2)c1. The van der Waals surface area contributed by atoms with Gasteiger partial charge in [0.15, 0.2) is 0 Å². The molecule has 1 aliphatic rings. The Morgan fingerprint density at radius 3 is 2.66 bits per heavy atom. The summed E-state index contributed by atoms with van der Waals surface area (Å²) in [6, 6.07) is 12.7. The number of unbranched alkanes of at least 4 members (excludes halogenated alkanes) is 1. The quantitative estimate of drug-likeness (QED) is 0.404. The second-order valence-electron chi connectivity index (χ2n) is 8.10. The summed E-state index contributed by atoms with van der Waals surface area (Å²) >= 11 is 6.26. The maximum atomic E-state index is 12.7. The van der Waals surface area contributed by atoms with Crippen molar-refractivity contribution in [2.45, 2.75) is 57.9 Å². The first-order chi connectivity index (χ1) is 15.6. The van der Waals surface area contributed by atoms with Gasteiger partial charge in [0.05, 0.1) is 29.4 Å². The van der Waals surface area contributed by atoms with Crippen LogP contribution < -0.4 is 20.7 Å². The lowest BCUT2D eigenvalue weighted by atomic mass is 9.95. The number of para-hydroxylation sites is 2. The monoisotopic (exact) mass is 457 g/mol. The zero-order valence-electron chi connectivity index (χ0n) is 18.6. The molecule has 6 nitrogen and oxygen atoms in total. The first kappa shape index (κ1) is 23.9. The predicted molar refractivity (Wildman–Crippen MR) is 130 cm³/mol. The van der Waals surface area contributed by atoms with Gasteiger partial charge in [-0.3, -0.25) is 9.59 Å². The molecule has 3 rings (SSSR count). The van der Waals surface area contributed by atoms with Crippen LogP contribution in [0, 0.1) is 0 Å². The van der Waals surface area contributed by atoms with Crippen LogP contribution in [0.3, 0.4) is 0 Å². The molecule has 0 aromatic heterocycles. The van der Waals surface area contributed by atoms with Crippen LogP contribution in [-0.2, 0) is 4.79 Å². The number of hydrogen-bond donors (Lipinski definition) is 3. The number of nitrogens with one attached hydrogen (secondary N) is 3. The second-order valence-corrected chi connectivity index (χ2v) is 8.51. The van der Waals surface area contributed by atoms with Crippen LogP contribution in [0.2, 0.25) is 5.02 Å². The third-order valence-corrected chi connectivity index (χ3v) is 5.85. The fraction of sp³-hybridized carbons (Fsp3) is 0.440. The van der Waals surface area contributed by atoms with Gasteiger partial charge < -0.3 is 20.7 Å². The fourth-order valence-corrected chi connectivity index (χ4v) is 3.94. The first-order valence-electron chi connectivity index (χ1n) is 11.4. The van der Waals surface area contributed by atoms with E-state index in [-0.39, 0.29) is 24.4 Å². The molecule has 7 heteroatoms. The summed E-state index contributed by atoms with van der Waals surface area (Å²) in [5, 5.41) is 9.39. The van der Waals surface area contributed by atoms with E-state index in [9.17, 15) is 9.59 Å². The molecule has 0 atom stereocenters. The van der Waals surface area contributed by atoms with E-state index < -0.39 is 0 Å². The molecular formula is C25H32ClN3O3. The van der Waals surface area contributed by atoms with Gasteiger partial charge in [0, 0.05) is 11.7 Å². The van der Waals surface area contributed by atoms with Crippen molar-refractivity contribution in [2.75, 3.05) is 23.8 Å². The zero-order valence-corrected chi connectivity index (χ0v) is 19.3. The number of rotatable bonds is 10. The van der Waals surface area contributed by atoms with Crippen molar-refractivity contribution in [3.05, 3.63) is 53.1 Å². The Kier molecular flexibility index (Phi) is 9.23. The van der Waals surface area contributed by atoms with Crippen LogP contribution in [0.5, 0.6) is 5.75 Å². The number of benzene rings is 2. The summed E-state index contributed by atoms with van der Waals surface area (Å²) < 4.78 is 5.79. The van der Waals surface area contributed by atoms with E-state index >= 15 is 0 Å². The summed E-state index contributed by atoms with van der Waals surface area (Å²) in [5.41, 5.74) is 1.67. The minimum atomic E-state index is -0.227. The Morgan fingerprint density at radius 2 is 1.88 bits per heavy atom. The van der Waals surface area contributed by atoms with Gasteiger partial charge in [-0.25, -0.2) is 0 Å². The van der Waals surface area contributed by atoms with Crippen LogP contribution >= 0.6 is 11.6 Å². The summed E-state index contributed by atoms with van der Waals surface area (Å²) in [6.07, 6.45) is 7.51. The maximum Gasteiger partial charge on any atom is 0.253 e. The van der Waals surface area contributed by atoms with Crippen molar-refractivity contribution >= 4 is 34.8 Å². The highest BCUT2D eigenvalue weighted by Crippen LogP contribution is 2.25. The van der Waals surface area contributed by atoms with Crippen molar-refractivity contribution in [3.63, 3.8) is 0 Å². The molecule has 0 bridgehead atoms. The first-order valence-corrected chi connectivity index (χ1v) is 11.8. The summed E-state index contributed by atoms with van der Waals surface area (Å²) in [6.45, 7) is 2.82. The van der Waals surface area contributed by atoms with Crippen molar-refractivity contribution in [1.29, 1.82) is 0 Å². The van der Waals surface area contributed by atoms with Crippen LogP contribution in [0.1, 0.15) is 62.2 Å². The molecule has 0 heterocycles. The second kappa shape index (κ2) is 12.3. The highest BCUT2D eigenvalue weighted by Gasteiger charge is 2.19. The summed E-state index contributed by atoms with van der Waals surface area (Å²) in [4.78, 5) is 25.2. The lowest BCUT2D eigenvalue weighted by Gasteiger charge is -2.23. The Balaban J connectivity index is 1.56. The van der Waals surface area contributed by atoms with Crippen LogP contribution in [0.15, 0.2) is 42.5 Å². The van der Waals surface area contributed by atoms with E-state index in [1.807, 2.05) is 24.3 Å². The van der Waals surface area contributed by atoms with E-state index in [2.05, 4.69) is 22.9 Å². The average Bonchev–Trinajstić information content (AvgIpc) is 2.80. The average molecular weight is 458 g/mol. The maximum absolute atomic E-state index is 12.7. The number of hydrogen-bond acceptors (Lipinski definition) is 4. The lowest BCUT2D eigenvalue weighted by molar-refractivity contribution is -0.114. The predicted octanol–water partition coefficient (Wildman–Crippen LogP) is 5.63. The number of amides is 2. The van der Waals surface area contributed by atoms with Crippen molar-refractivity contribution in [2.24, 2.45) is 0 Å². The third-order valence-electron chi connectivity index (χ3n) is 5.52. The van der Waals surface area contributed by atoms with E-state index in [1.54, 1.807) is 18.2 Å². The minimum Gasteiger partial charge on any atom is -0.491 e. The summed E-state index contributed by atoms with van der Waals surface area (Å²) in [5.74, 6) is 0.297. The van der Waals surface area contributed by atoms with Crippen LogP contribution in [-0.4, -0.2) is 31.0 Å². The normalized spacial score (nSPS) is 13.9. The highest BCUT2D eigenvalue weighted by atomic mass is 35.5. The Bertz CT molecular complexity index is 913. The van der Waals surface area contributed by atoms with Gasteiger partial charge >= 0.3 is 0 Å². The minimum absolute atomic E-state index is 0.0698. The number of halogens is 1. The van der Waals surface area contributed by atoms with Gasteiger partial charge in [0.2, 0.25) is 5.91 Å². The third kappa shape index (κ3) is 7.16. The fourth-order valence-electron chi connectivity index (χ4n) is 3.73. The van der Waals surface area contributed by atoms with Gasteiger partial charge in [-0.1, -0.05) is 56.3 Å². The van der Waals surface area contributed by atoms with Crippen LogP contribution in [0.4, 0.5) is 11.4 Å². The van der Waals surface area contributed by atoms with Gasteiger partial charge in [0.1, 0.15) is 5.75 Å². The molecule has 0 aliphatic heterocycles. The molecule has 172 valence electrons. The van der Waals surface area contributed by atoms with E-state index in [0.29, 0.717) is 22.9 Å². The molecule has 32 heavy (non-hydrogen) atoms. The van der Waals surface area contributed by atoms with E-state index in [1.165, 1.54) is 6.42 Å². The van der Waals surface area contributed by atoms with Crippen LogP contribution in [0.25, 0.3) is 0 Å². The number of anilines is 2. The standard InChI is InChI=1S/C25H32ClN3O3/c1-2-3-15-32-23-12-8-7-11-22(23)27-17-24(30)28-19-13-14-21(26)20(16-19)25(31)29-18-9-5-4-6-10-18/h7-8,11-14,16,18,27H,2-6,9-10,15,17H2,1H3,(H,28,30)(H,29,31). The molecule has 1 saturated carbocycles. The topological polar surface area (TPSA) is 79.5 Å². The molecule has 0 spiro atoms. The molecular weight excluding hydrogens is 426 g/mol. The smallest absolute Gasteiger partial charge is 0.253 e. The molecule has 2 aromatic carbocycles. The molecule has 2 aromatic rings. The molecule has 3 N–H and O–H groups in total. The Morgan fingerprint density at radius 1 is 1.09 bits per heavy atom. The van der Waals surface area contributed by atoms with E-state index in [0.717, 1.165) is 50.0 Å². The lowest BCUT2D eigenvalue weighted by Crippen LogP contribution is -2.36. The molecule has 0 saturated heterocycles. The molecule has 1 aliphatic carbocycles. The molecule has 2 amide bonds. The van der Waals surface area contributed by atoms with Crippen molar-refractivity contribution in [3.8, 4) is 5.75 Å². The highest BCUT2D eigenvalue weighted by molar-refractivity contribution is 6.34. The van der Waals surface area contributed by atoms with Crippen molar-refractivity contribution < 1.29 is 14.3 Å². The Hall–Kier alpha value is -2.73. The largest absolute Gasteiger partial charge is 0.491 e. The number of carbonyl (C=O) groups is 2. The Labute approximate surface area is 195 Å².